The van der Waals surface area contributed by atoms with Crippen LogP contribution in [-0.4, -0.2) is 19.1 Å². The second-order valence-electron chi connectivity index (χ2n) is 5.53. The molecule has 0 saturated carbocycles. The second-order valence-corrected chi connectivity index (χ2v) is 11.6. The molecule has 0 heterocycles. The van der Waals surface area contributed by atoms with Crippen molar-refractivity contribution in [1.29, 1.82) is 0 Å². The Hall–Kier alpha value is -0.803. The van der Waals surface area contributed by atoms with E-state index in [-0.39, 0.29) is 0 Å². The van der Waals surface area contributed by atoms with Crippen LogP contribution in [0, 0.1) is 0 Å². The third kappa shape index (κ3) is 4.92. The molecular formula is C13H19ClO2Si. The van der Waals surface area contributed by atoms with E-state index in [1.807, 2.05) is 0 Å². The van der Waals surface area contributed by atoms with Gasteiger partial charge in [0.2, 0.25) is 0 Å². The lowest BCUT2D eigenvalue weighted by atomic mass is 10.1. The van der Waals surface area contributed by atoms with Crippen molar-refractivity contribution < 1.29 is 9.90 Å². The van der Waals surface area contributed by atoms with Gasteiger partial charge < -0.3 is 5.11 Å². The summed E-state index contributed by atoms with van der Waals surface area (Å²) < 4.78 is 0. The van der Waals surface area contributed by atoms with E-state index < -0.39 is 14.0 Å². The van der Waals surface area contributed by atoms with Crippen LogP contribution in [0.2, 0.25) is 30.7 Å². The maximum atomic E-state index is 10.9. The first kappa shape index (κ1) is 14.3. The number of aromatic carboxylic acids is 1. The molecule has 1 rings (SSSR count). The largest absolute Gasteiger partial charge is 0.478 e. The van der Waals surface area contributed by atoms with Gasteiger partial charge in [0.05, 0.1) is 5.56 Å². The van der Waals surface area contributed by atoms with Crippen LogP contribution in [-0.2, 0) is 6.42 Å². The van der Waals surface area contributed by atoms with Crippen molar-refractivity contribution in [3.05, 3.63) is 34.3 Å². The van der Waals surface area contributed by atoms with Gasteiger partial charge in [-0.15, -0.1) is 0 Å². The highest BCUT2D eigenvalue weighted by atomic mass is 35.5. The van der Waals surface area contributed by atoms with Gasteiger partial charge in [-0.3, -0.25) is 0 Å². The van der Waals surface area contributed by atoms with Crippen LogP contribution in [0.1, 0.15) is 22.3 Å². The van der Waals surface area contributed by atoms with Crippen molar-refractivity contribution in [2.45, 2.75) is 38.5 Å². The molecule has 0 saturated heterocycles. The molecule has 0 radical (unpaired) electrons. The molecule has 0 unspecified atom stereocenters. The van der Waals surface area contributed by atoms with Crippen molar-refractivity contribution in [2.24, 2.45) is 0 Å². The molecule has 1 aromatic rings. The summed E-state index contributed by atoms with van der Waals surface area (Å²) in [6.07, 6.45) is 1.95. The minimum atomic E-state index is -1.02. The molecule has 1 N–H and O–H groups in total. The lowest BCUT2D eigenvalue weighted by Crippen LogP contribution is -2.19. The molecule has 2 nitrogen and oxygen atoms in total. The zero-order valence-electron chi connectivity index (χ0n) is 10.6. The van der Waals surface area contributed by atoms with E-state index >= 15 is 0 Å². The Kier molecular flexibility index (Phi) is 4.77. The van der Waals surface area contributed by atoms with Crippen molar-refractivity contribution >= 4 is 25.6 Å². The average molecular weight is 271 g/mol. The number of carboxylic acids is 1. The Labute approximate surface area is 109 Å². The van der Waals surface area contributed by atoms with Crippen LogP contribution in [0.4, 0.5) is 0 Å². The van der Waals surface area contributed by atoms with Crippen molar-refractivity contribution in [3.8, 4) is 0 Å². The number of halogens is 1. The summed E-state index contributed by atoms with van der Waals surface area (Å²) in [5, 5.41) is 9.59. The van der Waals surface area contributed by atoms with Crippen LogP contribution < -0.4 is 0 Å². The number of benzene rings is 1. The summed E-state index contributed by atoms with van der Waals surface area (Å²) in [4.78, 5) is 10.9. The molecule has 0 aliphatic carbocycles. The normalized spacial score (nSPS) is 11.5. The van der Waals surface area contributed by atoms with E-state index in [0.717, 1.165) is 18.4 Å². The molecule has 0 aliphatic heterocycles. The third-order valence-electron chi connectivity index (χ3n) is 2.67. The molecule has 0 aliphatic rings. The Morgan fingerprint density at radius 1 is 1.35 bits per heavy atom. The highest BCUT2D eigenvalue weighted by Gasteiger charge is 2.13. The molecule has 0 fully saturated rings. The van der Waals surface area contributed by atoms with Gasteiger partial charge in [-0.2, -0.15) is 0 Å². The minimum Gasteiger partial charge on any atom is -0.478 e. The fraction of sp³-hybridized carbons (Fsp3) is 0.462. The second kappa shape index (κ2) is 5.69. The van der Waals surface area contributed by atoms with Gasteiger partial charge in [0.15, 0.2) is 0 Å². The number of carbonyl (C=O) groups is 1. The number of aryl methyl sites for hydroxylation is 1. The van der Waals surface area contributed by atoms with Gasteiger partial charge in [0.1, 0.15) is 0 Å². The molecule has 0 atom stereocenters. The summed E-state index contributed by atoms with van der Waals surface area (Å²) >= 11 is 6.07. The van der Waals surface area contributed by atoms with Crippen molar-refractivity contribution in [2.75, 3.05) is 0 Å². The van der Waals surface area contributed by atoms with Crippen LogP contribution in [0.25, 0.3) is 0 Å². The SMILES string of the molecule is C[Si](C)(C)CCCc1cc(C(=O)O)ccc1Cl. The Morgan fingerprint density at radius 3 is 2.53 bits per heavy atom. The lowest BCUT2D eigenvalue weighted by molar-refractivity contribution is 0.0697. The molecule has 1 aromatic carbocycles. The van der Waals surface area contributed by atoms with Gasteiger partial charge in [-0.1, -0.05) is 43.7 Å². The summed E-state index contributed by atoms with van der Waals surface area (Å²) in [5.41, 5.74) is 1.27. The fourth-order valence-electron chi connectivity index (χ4n) is 1.71. The lowest BCUT2D eigenvalue weighted by Gasteiger charge is -2.15. The molecule has 0 bridgehead atoms. The highest BCUT2D eigenvalue weighted by molar-refractivity contribution is 6.76. The van der Waals surface area contributed by atoms with E-state index in [4.69, 9.17) is 16.7 Å². The average Bonchev–Trinajstić information content (AvgIpc) is 2.18. The highest BCUT2D eigenvalue weighted by Crippen LogP contribution is 2.21. The molecule has 0 amide bonds. The van der Waals surface area contributed by atoms with Crippen LogP contribution in [0.15, 0.2) is 18.2 Å². The quantitative estimate of drug-likeness (QED) is 0.810. The Bertz CT molecular complexity index is 410. The number of hydrogen-bond donors (Lipinski definition) is 1. The molecule has 0 aromatic heterocycles. The zero-order valence-corrected chi connectivity index (χ0v) is 12.3. The van der Waals surface area contributed by atoms with Crippen molar-refractivity contribution in [1.82, 2.24) is 0 Å². The maximum absolute atomic E-state index is 10.9. The summed E-state index contributed by atoms with van der Waals surface area (Å²) in [6.45, 7) is 7.01. The molecule has 17 heavy (non-hydrogen) atoms. The van der Waals surface area contributed by atoms with Gasteiger partial charge in [0.25, 0.3) is 0 Å². The number of rotatable bonds is 5. The Morgan fingerprint density at radius 2 is 2.00 bits per heavy atom. The minimum absolute atomic E-state index is 0.317. The first-order valence-corrected chi connectivity index (χ1v) is 9.90. The van der Waals surface area contributed by atoms with Gasteiger partial charge in [-0.05, 0) is 30.2 Å². The third-order valence-corrected chi connectivity index (χ3v) is 4.89. The van der Waals surface area contributed by atoms with Gasteiger partial charge in [-0.25, -0.2) is 4.79 Å². The first-order valence-electron chi connectivity index (χ1n) is 5.81. The van der Waals surface area contributed by atoms with Crippen LogP contribution in [0.5, 0.6) is 0 Å². The van der Waals surface area contributed by atoms with E-state index in [1.54, 1.807) is 18.2 Å². The van der Waals surface area contributed by atoms with Gasteiger partial charge >= 0.3 is 5.97 Å². The Balaban J connectivity index is 2.70. The maximum Gasteiger partial charge on any atom is 0.335 e. The number of carboxylic acid groups (broad SMARTS) is 1. The monoisotopic (exact) mass is 270 g/mol. The topological polar surface area (TPSA) is 37.3 Å². The fourth-order valence-corrected chi connectivity index (χ4v) is 3.16. The molecule has 4 heteroatoms. The van der Waals surface area contributed by atoms with E-state index in [0.29, 0.717) is 10.6 Å². The van der Waals surface area contributed by atoms with Gasteiger partial charge in [0, 0.05) is 13.1 Å². The number of hydrogen-bond acceptors (Lipinski definition) is 1. The van der Waals surface area contributed by atoms with Crippen molar-refractivity contribution in [3.63, 3.8) is 0 Å². The van der Waals surface area contributed by atoms with Crippen LogP contribution in [0.3, 0.4) is 0 Å². The van der Waals surface area contributed by atoms with Crippen LogP contribution >= 0.6 is 11.6 Å². The summed E-state index contributed by atoms with van der Waals surface area (Å²) in [7, 11) is -1.02. The predicted molar refractivity (Wildman–Crippen MR) is 74.9 cm³/mol. The standard InChI is InChI=1S/C13H19ClO2Si/c1-17(2,3)8-4-5-10-9-11(13(15)16)6-7-12(10)14/h6-7,9H,4-5,8H2,1-3H3,(H,15,16). The van der Waals surface area contributed by atoms with E-state index in [2.05, 4.69) is 19.6 Å². The zero-order chi connectivity index (χ0) is 13.1. The molecule has 0 spiro atoms. The molecular weight excluding hydrogens is 252 g/mol. The first-order chi connectivity index (χ1) is 7.79. The molecule has 94 valence electrons. The predicted octanol–water partition coefficient (Wildman–Crippen LogP) is 4.31. The smallest absolute Gasteiger partial charge is 0.335 e. The van der Waals surface area contributed by atoms with E-state index in [9.17, 15) is 4.79 Å². The summed E-state index contributed by atoms with van der Waals surface area (Å²) in [6, 6.07) is 6.15. The van der Waals surface area contributed by atoms with E-state index in [1.165, 1.54) is 6.04 Å². The summed E-state index contributed by atoms with van der Waals surface area (Å²) in [5.74, 6) is -0.895.